The van der Waals surface area contributed by atoms with Crippen LogP contribution in [0.25, 0.3) is 0 Å². The number of ether oxygens (including phenoxy) is 1. The van der Waals surface area contributed by atoms with Gasteiger partial charge in [0, 0.05) is 17.6 Å². The van der Waals surface area contributed by atoms with Gasteiger partial charge < -0.3 is 10.1 Å². The quantitative estimate of drug-likeness (QED) is 0.929. The Bertz CT molecular complexity index is 495. The number of benzene rings is 1. The van der Waals surface area contributed by atoms with Gasteiger partial charge in [-0.1, -0.05) is 29.8 Å². The number of nitrogens with zero attached hydrogens (tertiary/aromatic N) is 1. The van der Waals surface area contributed by atoms with E-state index >= 15 is 0 Å². The molecule has 1 aromatic carbocycles. The molecule has 0 saturated carbocycles. The first kappa shape index (κ1) is 16.3. The van der Waals surface area contributed by atoms with Crippen molar-refractivity contribution in [3.63, 3.8) is 0 Å². The number of carbonyl (C=O) groups excluding carboxylic acids is 1. The van der Waals surface area contributed by atoms with E-state index in [1.807, 2.05) is 38.1 Å². The van der Waals surface area contributed by atoms with Gasteiger partial charge in [-0.3, -0.25) is 9.69 Å². The molecule has 1 aromatic rings. The summed E-state index contributed by atoms with van der Waals surface area (Å²) < 4.78 is 5.58. The average molecular weight is 311 g/mol. The molecule has 4 nitrogen and oxygen atoms in total. The largest absolute Gasteiger partial charge is 0.376 e. The Hall–Kier alpha value is -1.10. The third kappa shape index (κ3) is 4.43. The normalized spacial score (nSPS) is 24.6. The van der Waals surface area contributed by atoms with E-state index in [1.165, 1.54) is 0 Å². The zero-order chi connectivity index (χ0) is 15.4. The maximum absolute atomic E-state index is 12.2. The minimum atomic E-state index is -0.0972. The summed E-state index contributed by atoms with van der Waals surface area (Å²) in [5, 5.41) is 3.69. The van der Waals surface area contributed by atoms with E-state index in [4.69, 9.17) is 16.3 Å². The van der Waals surface area contributed by atoms with Crippen LogP contribution in [0.15, 0.2) is 24.3 Å². The van der Waals surface area contributed by atoms with Gasteiger partial charge in [-0.2, -0.15) is 0 Å². The first-order valence-electron chi connectivity index (χ1n) is 7.36. The molecular weight excluding hydrogens is 288 g/mol. The molecule has 0 bridgehead atoms. The highest BCUT2D eigenvalue weighted by molar-refractivity contribution is 6.31. The molecule has 0 radical (unpaired) electrons. The fourth-order valence-electron chi connectivity index (χ4n) is 2.57. The van der Waals surface area contributed by atoms with E-state index in [-0.39, 0.29) is 24.1 Å². The monoisotopic (exact) mass is 310 g/mol. The van der Waals surface area contributed by atoms with Crippen LogP contribution in [-0.2, 0) is 9.53 Å². The van der Waals surface area contributed by atoms with Gasteiger partial charge in [0.15, 0.2) is 0 Å². The predicted molar refractivity (Wildman–Crippen MR) is 84.5 cm³/mol. The van der Waals surface area contributed by atoms with Crippen LogP contribution in [-0.4, -0.2) is 42.6 Å². The standard InChI is InChI=1S/C16H23ClN2O2/c1-11-10-21-12(2)8-19(11)9-16(20)18-13(3)14-6-4-5-7-15(14)17/h4-7,11-13H,8-10H2,1-3H3,(H,18,20). The van der Waals surface area contributed by atoms with Crippen molar-refractivity contribution in [2.45, 2.75) is 39.0 Å². The minimum absolute atomic E-state index is 0.0170. The Balaban J connectivity index is 1.91. The number of hydrogen-bond acceptors (Lipinski definition) is 3. The second-order valence-corrected chi connectivity index (χ2v) is 6.14. The molecule has 1 fully saturated rings. The lowest BCUT2D eigenvalue weighted by molar-refractivity contribution is -0.126. The number of rotatable bonds is 4. The smallest absolute Gasteiger partial charge is 0.234 e. The van der Waals surface area contributed by atoms with Crippen molar-refractivity contribution < 1.29 is 9.53 Å². The second kappa shape index (κ2) is 7.25. The highest BCUT2D eigenvalue weighted by Gasteiger charge is 2.25. The fourth-order valence-corrected chi connectivity index (χ4v) is 2.87. The molecule has 3 unspecified atom stereocenters. The zero-order valence-corrected chi connectivity index (χ0v) is 13.6. The molecule has 1 aliphatic heterocycles. The highest BCUT2D eigenvalue weighted by Crippen LogP contribution is 2.22. The molecule has 1 N–H and O–H groups in total. The molecule has 2 rings (SSSR count). The fraction of sp³-hybridized carbons (Fsp3) is 0.562. The predicted octanol–water partition coefficient (Wildman–Crippen LogP) is 2.63. The van der Waals surface area contributed by atoms with E-state index in [1.54, 1.807) is 0 Å². The third-order valence-corrected chi connectivity index (χ3v) is 4.18. The van der Waals surface area contributed by atoms with Gasteiger partial charge in [-0.25, -0.2) is 0 Å². The van der Waals surface area contributed by atoms with E-state index in [0.29, 0.717) is 18.2 Å². The van der Waals surface area contributed by atoms with Crippen LogP contribution < -0.4 is 5.32 Å². The summed E-state index contributed by atoms with van der Waals surface area (Å²) in [6.45, 7) is 7.91. The van der Waals surface area contributed by atoms with Gasteiger partial charge >= 0.3 is 0 Å². The lowest BCUT2D eigenvalue weighted by atomic mass is 10.1. The van der Waals surface area contributed by atoms with E-state index in [0.717, 1.165) is 12.1 Å². The van der Waals surface area contributed by atoms with Crippen LogP contribution in [0.3, 0.4) is 0 Å². The molecule has 1 heterocycles. The van der Waals surface area contributed by atoms with E-state index in [2.05, 4.69) is 17.1 Å². The van der Waals surface area contributed by atoms with Gasteiger partial charge in [0.2, 0.25) is 5.91 Å². The van der Waals surface area contributed by atoms with Crippen LogP contribution in [0.1, 0.15) is 32.4 Å². The number of hydrogen-bond donors (Lipinski definition) is 1. The molecule has 3 atom stereocenters. The zero-order valence-electron chi connectivity index (χ0n) is 12.8. The summed E-state index contributed by atoms with van der Waals surface area (Å²) in [6, 6.07) is 7.76. The van der Waals surface area contributed by atoms with Gasteiger partial charge in [0.25, 0.3) is 0 Å². The molecule has 0 aromatic heterocycles. The lowest BCUT2D eigenvalue weighted by Crippen LogP contribution is -2.51. The van der Waals surface area contributed by atoms with E-state index in [9.17, 15) is 4.79 Å². The number of carbonyl (C=O) groups is 1. The first-order chi connectivity index (χ1) is 9.97. The Morgan fingerprint density at radius 2 is 2.19 bits per heavy atom. The van der Waals surface area contributed by atoms with Crippen LogP contribution in [0.2, 0.25) is 5.02 Å². The van der Waals surface area contributed by atoms with Gasteiger partial charge in [0.05, 0.1) is 25.3 Å². The molecule has 1 amide bonds. The van der Waals surface area contributed by atoms with Crippen molar-refractivity contribution in [1.29, 1.82) is 0 Å². The molecular formula is C16H23ClN2O2. The SMILES string of the molecule is CC1CN(CC(=O)NC(C)c2ccccc2Cl)C(C)CO1. The first-order valence-corrected chi connectivity index (χ1v) is 7.74. The Kier molecular flexibility index (Phi) is 5.62. The molecule has 5 heteroatoms. The van der Waals surface area contributed by atoms with Gasteiger partial charge in [-0.05, 0) is 32.4 Å². The van der Waals surface area contributed by atoms with Crippen LogP contribution in [0, 0.1) is 0 Å². The number of halogens is 1. The van der Waals surface area contributed by atoms with Crippen molar-refractivity contribution in [3.8, 4) is 0 Å². The third-order valence-electron chi connectivity index (χ3n) is 3.83. The summed E-state index contributed by atoms with van der Waals surface area (Å²) in [7, 11) is 0. The number of morpholine rings is 1. The maximum Gasteiger partial charge on any atom is 0.234 e. The minimum Gasteiger partial charge on any atom is -0.376 e. The highest BCUT2D eigenvalue weighted by atomic mass is 35.5. The average Bonchev–Trinajstić information content (AvgIpc) is 2.43. The summed E-state index contributed by atoms with van der Waals surface area (Å²) in [4.78, 5) is 14.4. The Morgan fingerprint density at radius 1 is 1.48 bits per heavy atom. The van der Waals surface area contributed by atoms with Crippen molar-refractivity contribution in [1.82, 2.24) is 10.2 Å². The summed E-state index contributed by atoms with van der Waals surface area (Å²) in [5.41, 5.74) is 0.941. The van der Waals surface area contributed by atoms with Crippen molar-refractivity contribution in [3.05, 3.63) is 34.9 Å². The Labute approximate surface area is 131 Å². The van der Waals surface area contributed by atoms with Crippen LogP contribution in [0.5, 0.6) is 0 Å². The molecule has 116 valence electrons. The summed E-state index contributed by atoms with van der Waals surface area (Å²) >= 11 is 6.16. The topological polar surface area (TPSA) is 41.6 Å². The molecule has 21 heavy (non-hydrogen) atoms. The van der Waals surface area contributed by atoms with Crippen molar-refractivity contribution in [2.75, 3.05) is 19.7 Å². The van der Waals surface area contributed by atoms with Crippen LogP contribution >= 0.6 is 11.6 Å². The molecule has 1 aliphatic rings. The molecule has 0 aliphatic carbocycles. The number of amides is 1. The van der Waals surface area contributed by atoms with Gasteiger partial charge in [-0.15, -0.1) is 0 Å². The summed E-state index contributed by atoms with van der Waals surface area (Å²) in [6.07, 6.45) is 0.176. The van der Waals surface area contributed by atoms with Crippen LogP contribution in [0.4, 0.5) is 0 Å². The summed E-state index contributed by atoms with van der Waals surface area (Å²) in [5.74, 6) is 0.0170. The Morgan fingerprint density at radius 3 is 2.90 bits per heavy atom. The molecule has 1 saturated heterocycles. The maximum atomic E-state index is 12.2. The van der Waals surface area contributed by atoms with Gasteiger partial charge in [0.1, 0.15) is 0 Å². The molecule has 0 spiro atoms. The lowest BCUT2D eigenvalue weighted by Gasteiger charge is -2.36. The second-order valence-electron chi connectivity index (χ2n) is 5.73. The van der Waals surface area contributed by atoms with E-state index < -0.39 is 0 Å². The number of nitrogens with one attached hydrogen (secondary N) is 1. The van der Waals surface area contributed by atoms with Crippen molar-refractivity contribution >= 4 is 17.5 Å². The van der Waals surface area contributed by atoms with Crippen molar-refractivity contribution in [2.24, 2.45) is 0 Å².